The van der Waals surface area contributed by atoms with Crippen molar-refractivity contribution < 1.29 is 9.53 Å². The van der Waals surface area contributed by atoms with Gasteiger partial charge in [0.2, 0.25) is 0 Å². The summed E-state index contributed by atoms with van der Waals surface area (Å²) < 4.78 is 7.23. The minimum atomic E-state index is 0.166. The molecule has 0 radical (unpaired) electrons. The molecule has 1 aromatic heterocycles. The zero-order chi connectivity index (χ0) is 14.7. The van der Waals surface area contributed by atoms with E-state index in [0.29, 0.717) is 5.75 Å². The lowest BCUT2D eigenvalue weighted by Gasteiger charge is -2.04. The van der Waals surface area contributed by atoms with Gasteiger partial charge in [0.05, 0.1) is 12.9 Å². The molecule has 0 N–H and O–H groups in total. The molecule has 0 unspecified atom stereocenters. The Bertz CT molecular complexity index is 631. The average Bonchev–Trinajstić information content (AvgIpc) is 2.72. The van der Waals surface area contributed by atoms with Crippen molar-refractivity contribution in [3.05, 3.63) is 47.3 Å². The van der Waals surface area contributed by atoms with Crippen molar-refractivity contribution in [1.29, 1.82) is 0 Å². The Labute approximate surface area is 123 Å². The quantitative estimate of drug-likeness (QED) is 0.622. The fourth-order valence-corrected chi connectivity index (χ4v) is 2.88. The molecule has 3 nitrogen and oxygen atoms in total. The highest BCUT2D eigenvalue weighted by Crippen LogP contribution is 2.24. The van der Waals surface area contributed by atoms with Gasteiger partial charge in [-0.05, 0) is 38.1 Å². The van der Waals surface area contributed by atoms with Crippen molar-refractivity contribution >= 4 is 17.5 Å². The second-order valence-corrected chi connectivity index (χ2v) is 5.78. The molecule has 1 aromatic carbocycles. The summed E-state index contributed by atoms with van der Waals surface area (Å²) in [5.74, 6) is 1.42. The van der Waals surface area contributed by atoms with Gasteiger partial charge in [-0.15, -0.1) is 11.8 Å². The van der Waals surface area contributed by atoms with Crippen LogP contribution in [0.2, 0.25) is 0 Å². The highest BCUT2D eigenvalue weighted by atomic mass is 32.2. The summed E-state index contributed by atoms with van der Waals surface area (Å²) in [6.45, 7) is 4.00. The summed E-state index contributed by atoms with van der Waals surface area (Å²) in [4.78, 5) is 13.3. The SMILES string of the molecule is COc1cccc(SCC(=O)c2cc(C)n(C)c2C)c1. The van der Waals surface area contributed by atoms with Crippen LogP contribution in [0.15, 0.2) is 35.2 Å². The summed E-state index contributed by atoms with van der Waals surface area (Å²) in [6.07, 6.45) is 0. The van der Waals surface area contributed by atoms with Crippen LogP contribution >= 0.6 is 11.8 Å². The van der Waals surface area contributed by atoms with Gasteiger partial charge in [0, 0.05) is 28.9 Å². The number of Topliss-reactive ketones (excluding diaryl/α,β-unsaturated/α-hetero) is 1. The lowest BCUT2D eigenvalue weighted by molar-refractivity contribution is 0.102. The van der Waals surface area contributed by atoms with E-state index < -0.39 is 0 Å². The molecule has 0 spiro atoms. The summed E-state index contributed by atoms with van der Waals surface area (Å²) in [5, 5.41) is 0. The third-order valence-electron chi connectivity index (χ3n) is 3.49. The number of nitrogens with zero attached hydrogens (tertiary/aromatic N) is 1. The molecule has 0 bridgehead atoms. The number of ketones is 1. The van der Waals surface area contributed by atoms with Crippen LogP contribution in [-0.2, 0) is 7.05 Å². The largest absolute Gasteiger partial charge is 0.497 e. The maximum absolute atomic E-state index is 12.3. The van der Waals surface area contributed by atoms with Crippen LogP contribution in [-0.4, -0.2) is 23.2 Å². The Morgan fingerprint density at radius 2 is 2.05 bits per heavy atom. The van der Waals surface area contributed by atoms with Gasteiger partial charge in [0.25, 0.3) is 0 Å². The lowest BCUT2D eigenvalue weighted by Crippen LogP contribution is -2.04. The van der Waals surface area contributed by atoms with Crippen molar-refractivity contribution in [2.45, 2.75) is 18.7 Å². The molecule has 0 saturated heterocycles. The smallest absolute Gasteiger partial charge is 0.174 e. The van der Waals surface area contributed by atoms with Gasteiger partial charge in [0.1, 0.15) is 5.75 Å². The molecule has 0 aliphatic carbocycles. The molecule has 2 aromatic rings. The Morgan fingerprint density at radius 3 is 2.65 bits per heavy atom. The van der Waals surface area contributed by atoms with Crippen LogP contribution in [0.3, 0.4) is 0 Å². The van der Waals surface area contributed by atoms with Gasteiger partial charge >= 0.3 is 0 Å². The monoisotopic (exact) mass is 289 g/mol. The minimum Gasteiger partial charge on any atom is -0.497 e. The fourth-order valence-electron chi connectivity index (χ4n) is 2.06. The number of aromatic nitrogens is 1. The third kappa shape index (κ3) is 3.07. The Morgan fingerprint density at radius 1 is 1.30 bits per heavy atom. The number of carbonyl (C=O) groups is 1. The molecule has 20 heavy (non-hydrogen) atoms. The van der Waals surface area contributed by atoms with Crippen molar-refractivity contribution in [3.8, 4) is 5.75 Å². The van der Waals surface area contributed by atoms with Crippen LogP contribution < -0.4 is 4.74 Å². The first kappa shape index (κ1) is 14.7. The first-order chi connectivity index (χ1) is 9.52. The normalized spacial score (nSPS) is 10.6. The highest BCUT2D eigenvalue weighted by Gasteiger charge is 2.14. The summed E-state index contributed by atoms with van der Waals surface area (Å²) in [7, 11) is 3.63. The second-order valence-electron chi connectivity index (χ2n) is 4.73. The van der Waals surface area contributed by atoms with Gasteiger partial charge in [-0.1, -0.05) is 6.07 Å². The standard InChI is InChI=1S/C16H19NO2S/c1-11-8-15(12(2)17(11)3)16(18)10-20-14-7-5-6-13(9-14)19-4/h5-9H,10H2,1-4H3. The molecule has 2 rings (SSSR count). The molecule has 0 atom stereocenters. The fraction of sp³-hybridized carbons (Fsp3) is 0.312. The molecule has 0 fully saturated rings. The number of methoxy groups -OCH3 is 1. The van der Waals surface area contributed by atoms with E-state index in [1.807, 2.05) is 55.8 Å². The summed E-state index contributed by atoms with van der Waals surface area (Å²) in [6, 6.07) is 9.73. The predicted octanol–water partition coefficient (Wildman–Crippen LogP) is 3.63. The van der Waals surface area contributed by atoms with Crippen molar-refractivity contribution in [1.82, 2.24) is 4.57 Å². The number of ether oxygens (including phenoxy) is 1. The first-order valence-corrected chi connectivity index (χ1v) is 7.44. The third-order valence-corrected chi connectivity index (χ3v) is 4.48. The number of rotatable bonds is 5. The van der Waals surface area contributed by atoms with E-state index in [1.54, 1.807) is 7.11 Å². The maximum atomic E-state index is 12.3. The Kier molecular flexibility index (Phi) is 4.55. The van der Waals surface area contributed by atoms with E-state index in [4.69, 9.17) is 4.74 Å². The van der Waals surface area contributed by atoms with E-state index in [9.17, 15) is 4.79 Å². The van der Waals surface area contributed by atoms with Crippen molar-refractivity contribution in [2.24, 2.45) is 7.05 Å². The predicted molar refractivity (Wildman–Crippen MR) is 82.9 cm³/mol. The number of thioether (sulfide) groups is 1. The maximum Gasteiger partial charge on any atom is 0.174 e. The molecule has 106 valence electrons. The van der Waals surface area contributed by atoms with E-state index in [0.717, 1.165) is 27.6 Å². The molecule has 4 heteroatoms. The Hall–Kier alpha value is -1.68. The molecule has 1 heterocycles. The van der Waals surface area contributed by atoms with Gasteiger partial charge in [0.15, 0.2) is 5.78 Å². The first-order valence-electron chi connectivity index (χ1n) is 6.46. The van der Waals surface area contributed by atoms with Crippen LogP contribution in [0.1, 0.15) is 21.7 Å². The molecule has 0 amide bonds. The summed E-state index contributed by atoms with van der Waals surface area (Å²) in [5.41, 5.74) is 2.95. The number of aryl methyl sites for hydroxylation is 1. The molecular formula is C16H19NO2S. The van der Waals surface area contributed by atoms with E-state index in [1.165, 1.54) is 11.8 Å². The molecule has 0 aliphatic rings. The number of benzene rings is 1. The average molecular weight is 289 g/mol. The van der Waals surface area contributed by atoms with Gasteiger partial charge in [-0.25, -0.2) is 0 Å². The molecule has 0 saturated carbocycles. The lowest BCUT2D eigenvalue weighted by atomic mass is 10.2. The number of carbonyl (C=O) groups excluding carboxylic acids is 1. The molecule has 0 aliphatic heterocycles. The van der Waals surface area contributed by atoms with Crippen LogP contribution in [0.25, 0.3) is 0 Å². The number of hydrogen-bond acceptors (Lipinski definition) is 3. The van der Waals surface area contributed by atoms with E-state index >= 15 is 0 Å². The van der Waals surface area contributed by atoms with Gasteiger partial charge < -0.3 is 9.30 Å². The second kappa shape index (κ2) is 6.18. The van der Waals surface area contributed by atoms with Gasteiger partial charge in [-0.3, -0.25) is 4.79 Å². The Balaban J connectivity index is 2.06. The van der Waals surface area contributed by atoms with Crippen molar-refractivity contribution in [3.63, 3.8) is 0 Å². The van der Waals surface area contributed by atoms with Crippen molar-refractivity contribution in [2.75, 3.05) is 12.9 Å². The molecular weight excluding hydrogens is 270 g/mol. The van der Waals surface area contributed by atoms with Crippen LogP contribution in [0, 0.1) is 13.8 Å². The van der Waals surface area contributed by atoms with Crippen LogP contribution in [0.4, 0.5) is 0 Å². The van der Waals surface area contributed by atoms with E-state index in [2.05, 4.69) is 0 Å². The zero-order valence-electron chi connectivity index (χ0n) is 12.3. The number of hydrogen-bond donors (Lipinski definition) is 0. The van der Waals surface area contributed by atoms with E-state index in [-0.39, 0.29) is 5.78 Å². The zero-order valence-corrected chi connectivity index (χ0v) is 13.1. The van der Waals surface area contributed by atoms with Gasteiger partial charge in [-0.2, -0.15) is 0 Å². The minimum absolute atomic E-state index is 0.166. The highest BCUT2D eigenvalue weighted by molar-refractivity contribution is 8.00. The van der Waals surface area contributed by atoms with Crippen LogP contribution in [0.5, 0.6) is 5.75 Å². The topological polar surface area (TPSA) is 31.2 Å². The summed E-state index contributed by atoms with van der Waals surface area (Å²) >= 11 is 1.54.